The zero-order valence-electron chi connectivity index (χ0n) is 35.3. The second kappa shape index (κ2) is 22.1. The summed E-state index contributed by atoms with van der Waals surface area (Å²) >= 11 is 0. The number of fused-ring (bicyclic) bond motifs is 1. The number of nitrogens with zero attached hydrogens (tertiary/aromatic N) is 1. The Morgan fingerprint density at radius 3 is 2.05 bits per heavy atom. The predicted molar refractivity (Wildman–Crippen MR) is 232 cm³/mol. The Hall–Kier alpha value is -5.86. The highest BCUT2D eigenvalue weighted by Gasteiger charge is 2.38. The standard InChI is InChI=1S/C47H60N6O8/c1-4-12-40-42(57)27-33(23-31-18-20-35(55)21-19-31)45(59)50-38(25-34-28-49-37-17-9-8-16-36(34)37)41(56)26-32(15-10-11-22-48)44(58)52-43(29(2)54)46(60)51-39(47(61)53(40)3)24-30-13-6-5-7-14-30/h5-9,13-14,16-21,28-29,32-33,38-40,43,49,54-55H,4,10-12,15,22-27,48H2,1-3H3,(H,50,59)(H,51,60)(H,52,58)/t29-,32-,33-,38-,39+,40+,43+/m1/s1. The summed E-state index contributed by atoms with van der Waals surface area (Å²) in [7, 11) is 1.49. The van der Waals surface area contributed by atoms with Gasteiger partial charge < -0.3 is 41.8 Å². The number of rotatable bonds is 13. The molecule has 14 nitrogen and oxygen atoms in total. The van der Waals surface area contributed by atoms with Crippen molar-refractivity contribution in [3.05, 3.63) is 102 Å². The van der Waals surface area contributed by atoms with Crippen LogP contribution in [-0.4, -0.2) is 99.2 Å². The number of carbonyl (C=O) groups is 6. The lowest BCUT2D eigenvalue weighted by Crippen LogP contribution is -2.59. The number of likely N-dealkylation sites (N-methyl/N-ethyl adjacent to an activating group) is 1. The number of H-pyrrole nitrogens is 1. The number of para-hydroxylation sites is 1. The first kappa shape index (κ1) is 46.2. The number of nitrogens with one attached hydrogen (secondary N) is 4. The normalized spacial score (nSPS) is 23.2. The molecule has 4 amide bonds. The smallest absolute Gasteiger partial charge is 0.245 e. The number of nitrogens with two attached hydrogens (primary N) is 1. The number of aromatic amines is 1. The van der Waals surface area contributed by atoms with Gasteiger partial charge in [-0.05, 0) is 74.0 Å². The molecule has 1 saturated heterocycles. The van der Waals surface area contributed by atoms with Crippen LogP contribution in [0.15, 0.2) is 85.1 Å². The highest BCUT2D eigenvalue weighted by Crippen LogP contribution is 2.25. The Balaban J connectivity index is 1.60. The maximum atomic E-state index is 14.6. The van der Waals surface area contributed by atoms with Crippen LogP contribution in [0.5, 0.6) is 5.75 Å². The highest BCUT2D eigenvalue weighted by molar-refractivity contribution is 5.98. The predicted octanol–water partition coefficient (Wildman–Crippen LogP) is 3.66. The van der Waals surface area contributed by atoms with Crippen LogP contribution in [0.1, 0.15) is 75.5 Å². The molecule has 2 heterocycles. The van der Waals surface area contributed by atoms with Crippen molar-refractivity contribution in [3.8, 4) is 5.75 Å². The summed E-state index contributed by atoms with van der Waals surface area (Å²) in [4.78, 5) is 91.0. The lowest BCUT2D eigenvalue weighted by molar-refractivity contribution is -0.143. The van der Waals surface area contributed by atoms with Crippen molar-refractivity contribution in [2.45, 2.75) is 108 Å². The van der Waals surface area contributed by atoms with Crippen molar-refractivity contribution in [1.82, 2.24) is 25.8 Å². The molecular weight excluding hydrogens is 777 g/mol. The van der Waals surface area contributed by atoms with Gasteiger partial charge in [0.1, 0.15) is 17.8 Å². The van der Waals surface area contributed by atoms with E-state index in [4.69, 9.17) is 5.73 Å². The number of amides is 4. The van der Waals surface area contributed by atoms with Gasteiger partial charge in [-0.25, -0.2) is 0 Å². The van der Waals surface area contributed by atoms with Crippen molar-refractivity contribution in [2.24, 2.45) is 17.6 Å². The number of aromatic hydroxyl groups is 1. The first-order valence-electron chi connectivity index (χ1n) is 21.3. The van der Waals surface area contributed by atoms with E-state index in [1.165, 1.54) is 31.0 Å². The molecule has 61 heavy (non-hydrogen) atoms. The summed E-state index contributed by atoms with van der Waals surface area (Å²) in [6.45, 7) is 3.58. The molecule has 7 atom stereocenters. The Bertz CT molecular complexity index is 2120. The molecule has 326 valence electrons. The summed E-state index contributed by atoms with van der Waals surface area (Å²) in [5, 5.41) is 30.2. The average Bonchev–Trinajstić information content (AvgIpc) is 3.66. The molecular formula is C47H60N6O8. The summed E-state index contributed by atoms with van der Waals surface area (Å²) in [6, 6.07) is 18.1. The summed E-state index contributed by atoms with van der Waals surface area (Å²) in [5.74, 6) is -5.32. The van der Waals surface area contributed by atoms with Crippen molar-refractivity contribution in [2.75, 3.05) is 13.6 Å². The summed E-state index contributed by atoms with van der Waals surface area (Å²) in [5.41, 5.74) is 8.77. The van der Waals surface area contributed by atoms with Crippen LogP contribution in [0.2, 0.25) is 0 Å². The van der Waals surface area contributed by atoms with Gasteiger partial charge in [-0.15, -0.1) is 0 Å². The molecule has 0 unspecified atom stereocenters. The van der Waals surface area contributed by atoms with Gasteiger partial charge in [-0.2, -0.15) is 0 Å². The maximum absolute atomic E-state index is 14.6. The molecule has 14 heteroatoms. The van der Waals surface area contributed by atoms with Crippen LogP contribution in [0, 0.1) is 11.8 Å². The number of aliphatic hydroxyl groups is 1. The maximum Gasteiger partial charge on any atom is 0.245 e. The van der Waals surface area contributed by atoms with Crippen molar-refractivity contribution < 1.29 is 39.0 Å². The number of unbranched alkanes of at least 4 members (excludes halogenated alkanes) is 1. The molecule has 3 aromatic carbocycles. The third-order valence-electron chi connectivity index (χ3n) is 11.6. The van der Waals surface area contributed by atoms with Crippen LogP contribution in [0.3, 0.4) is 0 Å². The van der Waals surface area contributed by atoms with Crippen LogP contribution < -0.4 is 21.7 Å². The summed E-state index contributed by atoms with van der Waals surface area (Å²) in [6.07, 6.45) is 2.05. The second-order valence-corrected chi connectivity index (χ2v) is 16.2. The van der Waals surface area contributed by atoms with Crippen molar-refractivity contribution in [1.29, 1.82) is 0 Å². The van der Waals surface area contributed by atoms with Crippen LogP contribution >= 0.6 is 0 Å². The number of phenols is 1. The van der Waals surface area contributed by atoms with Gasteiger partial charge in [0.25, 0.3) is 0 Å². The molecule has 0 saturated carbocycles. The highest BCUT2D eigenvalue weighted by atomic mass is 16.3. The van der Waals surface area contributed by atoms with E-state index in [1.807, 2.05) is 37.3 Å². The van der Waals surface area contributed by atoms with Gasteiger partial charge >= 0.3 is 0 Å². The molecule has 0 aliphatic carbocycles. The third-order valence-corrected chi connectivity index (χ3v) is 11.6. The second-order valence-electron chi connectivity index (χ2n) is 16.2. The molecule has 0 bridgehead atoms. The van der Waals surface area contributed by atoms with Gasteiger partial charge in [0, 0.05) is 61.7 Å². The number of ketones is 2. The number of benzene rings is 3. The van der Waals surface area contributed by atoms with Crippen molar-refractivity contribution >= 4 is 46.1 Å². The number of aromatic nitrogens is 1. The van der Waals surface area contributed by atoms with Gasteiger partial charge in [-0.3, -0.25) is 28.8 Å². The zero-order valence-corrected chi connectivity index (χ0v) is 35.3. The molecule has 4 aromatic rings. The number of Topliss-reactive ketones (excluding diaryl/α,β-unsaturated/α-hetero) is 2. The Labute approximate surface area is 357 Å². The lowest BCUT2D eigenvalue weighted by Gasteiger charge is -2.33. The van der Waals surface area contributed by atoms with E-state index < -0.39 is 71.5 Å². The number of hydrogen-bond donors (Lipinski definition) is 7. The van der Waals surface area contributed by atoms with E-state index in [1.54, 1.807) is 42.6 Å². The Kier molecular flexibility index (Phi) is 16.8. The fourth-order valence-corrected chi connectivity index (χ4v) is 8.09. The number of hydrogen-bond acceptors (Lipinski definition) is 9. The molecule has 5 rings (SSSR count). The SMILES string of the molecule is CCC[C@H]1C(=O)C[C@@H](Cc2ccc(O)cc2)C(=O)N[C@H](Cc2c[nH]c3ccccc23)C(=O)C[C@@H](CCCCN)C(=O)N[C@@H]([C@@H](C)O)C(=O)N[C@@H](Cc2ccccc2)C(=O)N1C. The number of phenolic OH excluding ortho intramolecular Hbond substituents is 1. The topological polar surface area (TPSA) is 224 Å². The fraction of sp³-hybridized carbons (Fsp3) is 0.447. The number of aliphatic hydroxyl groups excluding tert-OH is 1. The van der Waals surface area contributed by atoms with Gasteiger partial charge in [0.2, 0.25) is 23.6 Å². The van der Waals surface area contributed by atoms with Crippen LogP contribution in [0.25, 0.3) is 10.9 Å². The molecule has 1 aliphatic heterocycles. The van der Waals surface area contributed by atoms with Crippen LogP contribution in [0.4, 0.5) is 0 Å². The minimum absolute atomic E-state index is 0.0310. The summed E-state index contributed by atoms with van der Waals surface area (Å²) < 4.78 is 0. The first-order valence-corrected chi connectivity index (χ1v) is 21.3. The molecule has 0 radical (unpaired) electrons. The zero-order chi connectivity index (χ0) is 44.1. The first-order chi connectivity index (χ1) is 29.3. The molecule has 1 fully saturated rings. The minimum Gasteiger partial charge on any atom is -0.508 e. The van der Waals surface area contributed by atoms with E-state index in [0.29, 0.717) is 31.4 Å². The largest absolute Gasteiger partial charge is 0.508 e. The monoisotopic (exact) mass is 836 g/mol. The van der Waals surface area contributed by atoms with E-state index in [2.05, 4.69) is 20.9 Å². The van der Waals surface area contributed by atoms with Crippen molar-refractivity contribution in [3.63, 3.8) is 0 Å². The average molecular weight is 837 g/mol. The lowest BCUT2D eigenvalue weighted by atomic mass is 9.87. The third kappa shape index (κ3) is 12.6. The van der Waals surface area contributed by atoms with E-state index >= 15 is 0 Å². The van der Waals surface area contributed by atoms with Crippen LogP contribution in [-0.2, 0) is 48.0 Å². The van der Waals surface area contributed by atoms with Gasteiger partial charge in [0.15, 0.2) is 11.6 Å². The Morgan fingerprint density at radius 2 is 1.36 bits per heavy atom. The molecule has 8 N–H and O–H groups in total. The van der Waals surface area contributed by atoms with E-state index in [9.17, 15) is 39.0 Å². The molecule has 0 spiro atoms. The minimum atomic E-state index is -1.50. The van der Waals surface area contributed by atoms with Gasteiger partial charge in [-0.1, -0.05) is 80.4 Å². The number of carbonyl (C=O) groups excluding carboxylic acids is 6. The quantitative estimate of drug-likeness (QED) is 0.0976. The fourth-order valence-electron chi connectivity index (χ4n) is 8.09. The van der Waals surface area contributed by atoms with E-state index in [0.717, 1.165) is 22.0 Å². The molecule has 1 aromatic heterocycles. The Morgan fingerprint density at radius 1 is 0.721 bits per heavy atom. The molecule has 1 aliphatic rings. The van der Waals surface area contributed by atoms with Gasteiger partial charge in [0.05, 0.1) is 18.2 Å². The van der Waals surface area contributed by atoms with E-state index in [-0.39, 0.29) is 56.5 Å².